The fraction of sp³-hybridized carbons (Fsp3) is 0.167. The van der Waals surface area contributed by atoms with Crippen LogP contribution in [0.15, 0.2) is 76.3 Å². The zero-order valence-corrected chi connectivity index (χ0v) is 18.2. The molecule has 2 aliphatic heterocycles. The summed E-state index contributed by atoms with van der Waals surface area (Å²) >= 11 is 3.52. The van der Waals surface area contributed by atoms with Crippen molar-refractivity contribution in [3.05, 3.63) is 93.7 Å². The van der Waals surface area contributed by atoms with Crippen molar-refractivity contribution in [3.63, 3.8) is 0 Å². The lowest BCUT2D eigenvalue weighted by Crippen LogP contribution is -2.45. The molecule has 0 spiro atoms. The topological polar surface area (TPSA) is 51.1 Å². The fourth-order valence-corrected chi connectivity index (χ4v) is 4.32. The molecule has 0 bridgehead atoms. The molecular weight excluding hydrogens is 463 g/mol. The molecule has 0 saturated heterocycles. The van der Waals surface area contributed by atoms with E-state index in [1.807, 2.05) is 18.2 Å². The van der Waals surface area contributed by atoms with Gasteiger partial charge in [0.25, 0.3) is 6.23 Å². The van der Waals surface area contributed by atoms with Gasteiger partial charge in [-0.05, 0) is 60.2 Å². The monoisotopic (exact) mass is 480 g/mol. The number of carbonyl (C=O) groups excluding carboxylic acids is 1. The maximum atomic E-state index is 13.4. The van der Waals surface area contributed by atoms with Crippen LogP contribution in [0.3, 0.4) is 0 Å². The number of fused-ring (bicyclic) bond motifs is 3. The van der Waals surface area contributed by atoms with Crippen LogP contribution in [-0.4, -0.2) is 29.8 Å². The summed E-state index contributed by atoms with van der Waals surface area (Å²) < 4.78 is 25.6. The predicted octanol–water partition coefficient (Wildman–Crippen LogP) is 5.35. The van der Waals surface area contributed by atoms with Gasteiger partial charge in [0.05, 0.1) is 18.9 Å². The summed E-state index contributed by atoms with van der Waals surface area (Å²) in [5.74, 6) is 0.842. The Labute approximate surface area is 187 Å². The van der Waals surface area contributed by atoms with Crippen LogP contribution < -0.4 is 9.47 Å². The van der Waals surface area contributed by atoms with Crippen molar-refractivity contribution >= 4 is 27.4 Å². The Balaban J connectivity index is 1.55. The molecule has 5 rings (SSSR count). The molecular formula is C24H18BrFN2O3. The standard InChI is InChI=1S/C24H18BrFN2O3/c1-30-18-9-4-15(5-10-18)23(29)24-28-21(19-12-16(25)6-11-22(19)31-24)13-20(27-28)14-2-7-17(26)8-3-14/h2-12,21,24H,13H2,1H3/t21-,24-/m0/s1. The number of hydrazone groups is 1. The van der Waals surface area contributed by atoms with E-state index in [1.165, 1.54) is 12.1 Å². The van der Waals surface area contributed by atoms with E-state index in [1.54, 1.807) is 48.5 Å². The maximum Gasteiger partial charge on any atom is 0.251 e. The first kappa shape index (κ1) is 19.8. The van der Waals surface area contributed by atoms with Crippen LogP contribution >= 0.6 is 15.9 Å². The zero-order valence-electron chi connectivity index (χ0n) is 16.6. The molecule has 2 atom stereocenters. The Hall–Kier alpha value is -3.19. The maximum absolute atomic E-state index is 13.4. The molecule has 2 aliphatic rings. The van der Waals surface area contributed by atoms with Gasteiger partial charge in [0.2, 0.25) is 5.78 Å². The lowest BCUT2D eigenvalue weighted by Gasteiger charge is -2.37. The van der Waals surface area contributed by atoms with E-state index in [-0.39, 0.29) is 17.6 Å². The smallest absolute Gasteiger partial charge is 0.251 e. The Morgan fingerprint density at radius 3 is 2.58 bits per heavy atom. The number of hydrogen-bond acceptors (Lipinski definition) is 5. The van der Waals surface area contributed by atoms with Gasteiger partial charge < -0.3 is 9.47 Å². The van der Waals surface area contributed by atoms with Gasteiger partial charge in [-0.3, -0.25) is 4.79 Å². The van der Waals surface area contributed by atoms with Crippen LogP contribution in [0.1, 0.15) is 33.9 Å². The zero-order chi connectivity index (χ0) is 21.5. The summed E-state index contributed by atoms with van der Waals surface area (Å²) in [4.78, 5) is 13.4. The average molecular weight is 481 g/mol. The minimum Gasteiger partial charge on any atom is -0.497 e. The number of carbonyl (C=O) groups is 1. The Kier molecular flexibility index (Phi) is 4.98. The highest BCUT2D eigenvalue weighted by molar-refractivity contribution is 9.10. The van der Waals surface area contributed by atoms with Crippen molar-refractivity contribution in [2.24, 2.45) is 5.10 Å². The third kappa shape index (κ3) is 3.59. The van der Waals surface area contributed by atoms with E-state index in [9.17, 15) is 9.18 Å². The van der Waals surface area contributed by atoms with E-state index in [0.717, 1.165) is 21.3 Å². The lowest BCUT2D eigenvalue weighted by atomic mass is 9.96. The van der Waals surface area contributed by atoms with Crippen LogP contribution in [-0.2, 0) is 0 Å². The normalized spacial score (nSPS) is 19.2. The van der Waals surface area contributed by atoms with E-state index < -0.39 is 6.23 Å². The van der Waals surface area contributed by atoms with Crippen molar-refractivity contribution in [1.82, 2.24) is 5.01 Å². The highest BCUT2D eigenvalue weighted by Crippen LogP contribution is 2.44. The second-order valence-corrected chi connectivity index (χ2v) is 8.31. The number of hydrogen-bond donors (Lipinski definition) is 0. The third-order valence-electron chi connectivity index (χ3n) is 5.53. The highest BCUT2D eigenvalue weighted by atomic mass is 79.9. The van der Waals surface area contributed by atoms with Crippen molar-refractivity contribution in [2.45, 2.75) is 18.7 Å². The average Bonchev–Trinajstić information content (AvgIpc) is 3.24. The quantitative estimate of drug-likeness (QED) is 0.472. The number of ether oxygens (including phenoxy) is 2. The first-order valence-corrected chi connectivity index (χ1v) is 10.6. The SMILES string of the molecule is COc1ccc(C(=O)[C@@H]2Oc3ccc(Br)cc3[C@@H]3CC(c4ccc(F)cc4)=NN23)cc1. The lowest BCUT2D eigenvalue weighted by molar-refractivity contribution is -0.00459. The van der Waals surface area contributed by atoms with Gasteiger partial charge in [0.15, 0.2) is 0 Å². The molecule has 2 heterocycles. The van der Waals surface area contributed by atoms with Crippen LogP contribution in [0.4, 0.5) is 4.39 Å². The van der Waals surface area contributed by atoms with Crippen LogP contribution in [0.25, 0.3) is 0 Å². The van der Waals surface area contributed by atoms with Gasteiger partial charge in [-0.25, -0.2) is 9.40 Å². The minimum atomic E-state index is -0.898. The summed E-state index contributed by atoms with van der Waals surface area (Å²) in [6.45, 7) is 0. The molecule has 0 unspecified atom stereocenters. The summed E-state index contributed by atoms with van der Waals surface area (Å²) in [6, 6.07) is 18.7. The molecule has 0 aliphatic carbocycles. The summed E-state index contributed by atoms with van der Waals surface area (Å²) in [5, 5.41) is 6.46. The first-order valence-electron chi connectivity index (χ1n) is 9.79. The van der Waals surface area contributed by atoms with E-state index in [0.29, 0.717) is 23.5 Å². The van der Waals surface area contributed by atoms with Crippen molar-refractivity contribution in [3.8, 4) is 11.5 Å². The number of rotatable bonds is 4. The van der Waals surface area contributed by atoms with Gasteiger partial charge >= 0.3 is 0 Å². The van der Waals surface area contributed by atoms with Gasteiger partial charge in [0.1, 0.15) is 17.3 Å². The van der Waals surface area contributed by atoms with Crippen LogP contribution in [0.5, 0.6) is 11.5 Å². The number of benzene rings is 3. The highest BCUT2D eigenvalue weighted by Gasteiger charge is 2.43. The Bertz CT molecular complexity index is 1180. The molecule has 3 aromatic rings. The molecule has 0 N–H and O–H groups in total. The number of Topliss-reactive ketones (excluding diaryl/α,β-unsaturated/α-hetero) is 1. The van der Waals surface area contributed by atoms with Gasteiger partial charge in [0, 0.05) is 22.0 Å². The van der Waals surface area contributed by atoms with Crippen LogP contribution in [0.2, 0.25) is 0 Å². The molecule has 0 radical (unpaired) electrons. The van der Waals surface area contributed by atoms with Gasteiger partial charge in [-0.1, -0.05) is 28.1 Å². The third-order valence-corrected chi connectivity index (χ3v) is 6.02. The van der Waals surface area contributed by atoms with Crippen molar-refractivity contribution < 1.29 is 18.7 Å². The molecule has 0 amide bonds. The summed E-state index contributed by atoms with van der Waals surface area (Å²) in [6.07, 6.45) is -0.310. The summed E-state index contributed by atoms with van der Waals surface area (Å²) in [7, 11) is 1.58. The number of nitrogens with zero attached hydrogens (tertiary/aromatic N) is 2. The molecule has 0 saturated carbocycles. The number of halogens is 2. The first-order chi connectivity index (χ1) is 15.0. The molecule has 7 heteroatoms. The molecule has 31 heavy (non-hydrogen) atoms. The Morgan fingerprint density at radius 2 is 1.87 bits per heavy atom. The van der Waals surface area contributed by atoms with Gasteiger partial charge in [-0.15, -0.1) is 0 Å². The molecule has 156 valence electrons. The second kappa shape index (κ2) is 7.81. The van der Waals surface area contributed by atoms with Crippen molar-refractivity contribution in [1.29, 1.82) is 0 Å². The molecule has 0 fully saturated rings. The molecule has 0 aromatic heterocycles. The van der Waals surface area contributed by atoms with E-state index >= 15 is 0 Å². The number of ketones is 1. The van der Waals surface area contributed by atoms with Crippen molar-refractivity contribution in [2.75, 3.05) is 7.11 Å². The second-order valence-electron chi connectivity index (χ2n) is 7.40. The predicted molar refractivity (Wildman–Crippen MR) is 118 cm³/mol. The fourth-order valence-electron chi connectivity index (χ4n) is 3.95. The minimum absolute atomic E-state index is 0.159. The molecule has 5 nitrogen and oxygen atoms in total. The number of methoxy groups -OCH3 is 1. The van der Waals surface area contributed by atoms with E-state index in [2.05, 4.69) is 15.9 Å². The summed E-state index contributed by atoms with van der Waals surface area (Å²) in [5.41, 5.74) is 3.07. The van der Waals surface area contributed by atoms with E-state index in [4.69, 9.17) is 14.6 Å². The molecule has 3 aromatic carbocycles. The van der Waals surface area contributed by atoms with Crippen LogP contribution in [0, 0.1) is 5.82 Å². The Morgan fingerprint density at radius 1 is 1.13 bits per heavy atom. The largest absolute Gasteiger partial charge is 0.497 e. The van der Waals surface area contributed by atoms with Gasteiger partial charge in [-0.2, -0.15) is 5.10 Å².